The van der Waals surface area contributed by atoms with Crippen molar-refractivity contribution in [3.63, 3.8) is 0 Å². The van der Waals surface area contributed by atoms with Crippen molar-refractivity contribution in [2.24, 2.45) is 0 Å². The van der Waals surface area contributed by atoms with Gasteiger partial charge >= 0.3 is 0 Å². The van der Waals surface area contributed by atoms with Crippen molar-refractivity contribution in [3.05, 3.63) is 83.2 Å². The first kappa shape index (κ1) is 22.5. The maximum atomic E-state index is 6.03. The Morgan fingerprint density at radius 2 is 1.82 bits per heavy atom. The van der Waals surface area contributed by atoms with Gasteiger partial charge in [0.05, 0.1) is 36.9 Å². The average Bonchev–Trinajstić information content (AvgIpc) is 2.87. The van der Waals surface area contributed by atoms with E-state index in [0.717, 1.165) is 61.9 Å². The summed E-state index contributed by atoms with van der Waals surface area (Å²) in [6.45, 7) is 6.86. The molecule has 3 N–H and O–H groups in total. The quantitative estimate of drug-likeness (QED) is 0.414. The highest BCUT2D eigenvalue weighted by Crippen LogP contribution is 2.38. The number of hydrogen-bond acceptors (Lipinski definition) is 7. The molecule has 0 saturated carbocycles. The minimum Gasteiger partial charge on any atom is -0.379 e. The number of hydrogen-bond donors (Lipinski definition) is 2. The third-order valence-corrected chi connectivity index (χ3v) is 6.47. The van der Waals surface area contributed by atoms with E-state index in [4.69, 9.17) is 15.3 Å². The summed E-state index contributed by atoms with van der Waals surface area (Å²) in [6.07, 6.45) is 3.00. The number of anilines is 1. The molecule has 5 rings (SSSR count). The van der Waals surface area contributed by atoms with E-state index in [1.165, 1.54) is 16.7 Å². The summed E-state index contributed by atoms with van der Waals surface area (Å²) in [6, 6.07) is 19.1. The molecule has 0 radical (unpaired) electrons. The van der Waals surface area contributed by atoms with Crippen LogP contribution in [0.15, 0.2) is 60.7 Å². The van der Waals surface area contributed by atoms with Crippen LogP contribution in [0.4, 0.5) is 5.95 Å². The zero-order valence-corrected chi connectivity index (χ0v) is 19.5. The number of aryl methyl sites for hydroxylation is 1. The average molecular weight is 458 g/mol. The zero-order chi connectivity index (χ0) is 23.3. The number of nitrogen functional groups attached to an aromatic ring is 1. The van der Waals surface area contributed by atoms with E-state index in [0.29, 0.717) is 12.6 Å². The molecule has 1 aliphatic carbocycles. The SMILES string of the molecule is Cc1nc(N)nc2c1C(NOCCN1CCOCC1)=CC(c1ccccc1-c1ccccc1)C2. The van der Waals surface area contributed by atoms with Crippen LogP contribution in [0.25, 0.3) is 16.8 Å². The molecule has 1 unspecified atom stereocenters. The molecule has 0 bridgehead atoms. The van der Waals surface area contributed by atoms with E-state index >= 15 is 0 Å². The molecule has 176 valence electrons. The summed E-state index contributed by atoms with van der Waals surface area (Å²) in [5.74, 6) is 0.434. The summed E-state index contributed by atoms with van der Waals surface area (Å²) in [7, 11) is 0. The topological polar surface area (TPSA) is 85.5 Å². The van der Waals surface area contributed by atoms with Gasteiger partial charge in [-0.1, -0.05) is 60.7 Å². The molecule has 7 heteroatoms. The Kier molecular flexibility index (Phi) is 6.85. The third-order valence-electron chi connectivity index (χ3n) is 6.47. The van der Waals surface area contributed by atoms with Crippen molar-refractivity contribution in [1.29, 1.82) is 0 Å². The Hall–Kier alpha value is -3.26. The number of nitrogens with one attached hydrogen (secondary N) is 1. The van der Waals surface area contributed by atoms with E-state index < -0.39 is 0 Å². The second-order valence-electron chi connectivity index (χ2n) is 8.74. The molecular formula is C27H31N5O2. The Morgan fingerprint density at radius 3 is 2.65 bits per heavy atom. The molecule has 1 aromatic heterocycles. The number of nitrogens with two attached hydrogens (primary N) is 1. The Balaban J connectivity index is 1.42. The van der Waals surface area contributed by atoms with Gasteiger partial charge in [-0.15, -0.1) is 0 Å². The first-order chi connectivity index (χ1) is 16.7. The van der Waals surface area contributed by atoms with Crippen LogP contribution >= 0.6 is 0 Å². The lowest BCUT2D eigenvalue weighted by Crippen LogP contribution is -2.39. The van der Waals surface area contributed by atoms with Crippen molar-refractivity contribution in [2.45, 2.75) is 19.3 Å². The summed E-state index contributed by atoms with van der Waals surface area (Å²) in [5.41, 5.74) is 16.6. The lowest BCUT2D eigenvalue weighted by atomic mass is 9.82. The van der Waals surface area contributed by atoms with E-state index in [1.54, 1.807) is 0 Å². The van der Waals surface area contributed by atoms with E-state index in [-0.39, 0.29) is 5.92 Å². The number of hydroxylamine groups is 1. The van der Waals surface area contributed by atoms with Crippen molar-refractivity contribution in [3.8, 4) is 11.1 Å². The maximum Gasteiger partial charge on any atom is 0.220 e. The van der Waals surface area contributed by atoms with Gasteiger partial charge in [-0.2, -0.15) is 0 Å². The smallest absolute Gasteiger partial charge is 0.220 e. The molecule has 3 aromatic rings. The number of rotatable bonds is 7. The minimum atomic E-state index is 0.128. The van der Waals surface area contributed by atoms with Gasteiger partial charge in [-0.3, -0.25) is 15.2 Å². The number of fused-ring (bicyclic) bond motifs is 1. The molecule has 0 amide bonds. The minimum absolute atomic E-state index is 0.128. The van der Waals surface area contributed by atoms with Gasteiger partial charge in [-0.25, -0.2) is 9.97 Å². The second kappa shape index (κ2) is 10.3. The Bertz CT molecular complexity index is 1160. The van der Waals surface area contributed by atoms with E-state index in [9.17, 15) is 0 Å². The van der Waals surface area contributed by atoms with Gasteiger partial charge in [0, 0.05) is 37.5 Å². The van der Waals surface area contributed by atoms with Gasteiger partial charge < -0.3 is 10.5 Å². The van der Waals surface area contributed by atoms with Gasteiger partial charge in [-0.05, 0) is 23.6 Å². The number of allylic oxidation sites excluding steroid dienone is 1. The van der Waals surface area contributed by atoms with Crippen molar-refractivity contribution < 1.29 is 9.57 Å². The summed E-state index contributed by atoms with van der Waals surface area (Å²) in [5, 5.41) is 0. The second-order valence-corrected chi connectivity index (χ2v) is 8.74. The first-order valence-electron chi connectivity index (χ1n) is 11.9. The van der Waals surface area contributed by atoms with Gasteiger partial charge in [0.2, 0.25) is 5.95 Å². The van der Waals surface area contributed by atoms with Crippen LogP contribution in [0.1, 0.15) is 28.4 Å². The standard InChI is InChI=1S/C27H31N5O2/c1-19-26-24(30-27(28)29-19)17-21(18-25(26)31-34-16-13-32-11-14-33-15-12-32)23-10-6-5-9-22(23)20-7-3-2-4-8-20/h2-10,18,21,31H,11-17H2,1H3,(H2,28,29,30). The van der Waals surface area contributed by atoms with Crippen molar-refractivity contribution >= 4 is 11.6 Å². The summed E-state index contributed by atoms with van der Waals surface area (Å²) < 4.78 is 5.43. The fourth-order valence-corrected chi connectivity index (χ4v) is 4.82. The van der Waals surface area contributed by atoms with Gasteiger partial charge in [0.1, 0.15) is 0 Å². The zero-order valence-electron chi connectivity index (χ0n) is 19.5. The molecule has 7 nitrogen and oxygen atoms in total. The van der Waals surface area contributed by atoms with Crippen LogP contribution in [0.3, 0.4) is 0 Å². The van der Waals surface area contributed by atoms with Crippen LogP contribution in [0, 0.1) is 6.92 Å². The molecule has 1 saturated heterocycles. The van der Waals surface area contributed by atoms with Crippen LogP contribution in [-0.2, 0) is 16.0 Å². The van der Waals surface area contributed by atoms with Crippen LogP contribution < -0.4 is 11.2 Å². The number of aromatic nitrogens is 2. The Labute approximate surface area is 200 Å². The summed E-state index contributed by atoms with van der Waals surface area (Å²) >= 11 is 0. The fourth-order valence-electron chi connectivity index (χ4n) is 4.82. The number of ether oxygens (including phenoxy) is 1. The number of morpholine rings is 1. The largest absolute Gasteiger partial charge is 0.379 e. The van der Waals surface area contributed by atoms with Gasteiger partial charge in [0.25, 0.3) is 0 Å². The highest BCUT2D eigenvalue weighted by molar-refractivity contribution is 5.74. The molecule has 2 aromatic carbocycles. The lowest BCUT2D eigenvalue weighted by Gasteiger charge is -2.28. The fraction of sp³-hybridized carbons (Fsp3) is 0.333. The van der Waals surface area contributed by atoms with Crippen molar-refractivity contribution in [1.82, 2.24) is 20.3 Å². The van der Waals surface area contributed by atoms with Gasteiger partial charge in [0.15, 0.2) is 0 Å². The highest BCUT2D eigenvalue weighted by Gasteiger charge is 2.26. The molecule has 1 aliphatic heterocycles. The highest BCUT2D eigenvalue weighted by atomic mass is 16.6. The van der Waals surface area contributed by atoms with Crippen LogP contribution in [-0.4, -0.2) is 54.3 Å². The molecule has 1 fully saturated rings. The van der Waals surface area contributed by atoms with E-state index in [2.05, 4.69) is 75.0 Å². The van der Waals surface area contributed by atoms with E-state index in [1.807, 2.05) is 13.0 Å². The normalized spacial score (nSPS) is 18.3. The predicted octanol–water partition coefficient (Wildman–Crippen LogP) is 3.57. The number of nitrogens with zero attached hydrogens (tertiary/aromatic N) is 3. The Morgan fingerprint density at radius 1 is 1.06 bits per heavy atom. The third kappa shape index (κ3) is 4.97. The molecule has 34 heavy (non-hydrogen) atoms. The molecule has 2 aliphatic rings. The van der Waals surface area contributed by atoms with Crippen LogP contribution in [0.5, 0.6) is 0 Å². The molecular weight excluding hydrogens is 426 g/mol. The maximum absolute atomic E-state index is 6.03. The molecule has 0 spiro atoms. The van der Waals surface area contributed by atoms with Crippen LogP contribution in [0.2, 0.25) is 0 Å². The number of benzene rings is 2. The predicted molar refractivity (Wildman–Crippen MR) is 134 cm³/mol. The molecule has 1 atom stereocenters. The molecule has 2 heterocycles. The van der Waals surface area contributed by atoms with Crippen molar-refractivity contribution in [2.75, 3.05) is 45.2 Å². The lowest BCUT2D eigenvalue weighted by molar-refractivity contribution is 0.00844. The first-order valence-corrected chi connectivity index (χ1v) is 11.9. The monoisotopic (exact) mass is 457 g/mol. The summed E-state index contributed by atoms with van der Waals surface area (Å²) in [4.78, 5) is 17.3.